The van der Waals surface area contributed by atoms with Crippen molar-refractivity contribution in [2.75, 3.05) is 12.8 Å². The molecule has 0 aromatic heterocycles. The smallest absolute Gasteiger partial charge is 0.175 e. The molecule has 4 nitrogen and oxygen atoms in total. The molecule has 50 valence electrons. The molecule has 1 unspecified atom stereocenters. The van der Waals surface area contributed by atoms with Crippen molar-refractivity contribution < 1.29 is 13.5 Å². The molecule has 0 fully saturated rings. The van der Waals surface area contributed by atoms with Crippen LogP contribution in [0.15, 0.2) is 0 Å². The lowest BCUT2D eigenvalue weighted by molar-refractivity contribution is 0.257. The second-order valence-corrected chi connectivity index (χ2v) is 3.72. The second-order valence-electron chi connectivity index (χ2n) is 1.52. The van der Waals surface area contributed by atoms with E-state index in [1.165, 1.54) is 0 Å². The van der Waals surface area contributed by atoms with Gasteiger partial charge in [-0.25, -0.2) is 8.42 Å². The van der Waals surface area contributed by atoms with Gasteiger partial charge in [0.2, 0.25) is 0 Å². The van der Waals surface area contributed by atoms with Gasteiger partial charge in [-0.05, 0) is 0 Å². The molecule has 0 aliphatic carbocycles. The average Bonchev–Trinajstić information content (AvgIpc) is 1.62. The summed E-state index contributed by atoms with van der Waals surface area (Å²) < 4.78 is 20.5. The number of aliphatic hydroxyl groups is 1. The van der Waals surface area contributed by atoms with Gasteiger partial charge in [-0.15, -0.1) is 0 Å². The normalized spacial score (nSPS) is 15.9. The van der Waals surface area contributed by atoms with Crippen LogP contribution >= 0.6 is 0 Å². The molecule has 0 radical (unpaired) electrons. The molecule has 5 heteroatoms. The van der Waals surface area contributed by atoms with E-state index < -0.39 is 15.3 Å². The van der Waals surface area contributed by atoms with Crippen LogP contribution in [0.1, 0.15) is 0 Å². The number of hydrogen-bond acceptors (Lipinski definition) is 4. The van der Waals surface area contributed by atoms with Crippen molar-refractivity contribution in [3.05, 3.63) is 0 Å². The number of nitrogens with two attached hydrogens (primary N) is 1. The third kappa shape index (κ3) is 2.25. The molecule has 0 rings (SSSR count). The maximum absolute atomic E-state index is 10.2. The maximum Gasteiger partial charge on any atom is 0.175 e. The largest absolute Gasteiger partial charge is 0.376 e. The van der Waals surface area contributed by atoms with Gasteiger partial charge in [-0.1, -0.05) is 0 Å². The second kappa shape index (κ2) is 2.43. The molecule has 0 aromatic carbocycles. The summed E-state index contributed by atoms with van der Waals surface area (Å²) in [6.45, 7) is -0.237. The van der Waals surface area contributed by atoms with E-state index in [-0.39, 0.29) is 6.54 Å². The van der Waals surface area contributed by atoms with Gasteiger partial charge in [-0.2, -0.15) is 0 Å². The minimum atomic E-state index is -3.32. The van der Waals surface area contributed by atoms with E-state index in [0.29, 0.717) is 0 Å². The summed E-state index contributed by atoms with van der Waals surface area (Å²) in [6.07, 6.45) is 0.935. The Labute approximate surface area is 48.2 Å². The molecule has 0 aliphatic rings. The van der Waals surface area contributed by atoms with E-state index in [2.05, 4.69) is 0 Å². The fourth-order valence-electron chi connectivity index (χ4n) is 0.175. The van der Waals surface area contributed by atoms with Crippen LogP contribution in [0.4, 0.5) is 0 Å². The van der Waals surface area contributed by atoms with E-state index in [0.717, 1.165) is 6.26 Å². The van der Waals surface area contributed by atoms with Crippen LogP contribution in [0.25, 0.3) is 0 Å². The molecule has 8 heavy (non-hydrogen) atoms. The highest BCUT2D eigenvalue weighted by Gasteiger charge is 2.13. The lowest BCUT2D eigenvalue weighted by Gasteiger charge is -2.01. The first-order chi connectivity index (χ1) is 3.48. The Hall–Kier alpha value is -0.130. The van der Waals surface area contributed by atoms with Gasteiger partial charge in [0, 0.05) is 12.8 Å². The average molecular weight is 139 g/mol. The number of rotatable bonds is 2. The highest BCUT2D eigenvalue weighted by molar-refractivity contribution is 7.91. The van der Waals surface area contributed by atoms with E-state index in [1.54, 1.807) is 0 Å². The number of aliphatic hydroxyl groups excluding tert-OH is 1. The Morgan fingerprint density at radius 1 is 1.75 bits per heavy atom. The van der Waals surface area contributed by atoms with Gasteiger partial charge in [0.25, 0.3) is 0 Å². The van der Waals surface area contributed by atoms with Gasteiger partial charge in [0.15, 0.2) is 15.3 Å². The van der Waals surface area contributed by atoms with Crippen LogP contribution in [-0.4, -0.2) is 31.8 Å². The first-order valence-electron chi connectivity index (χ1n) is 2.05. The van der Waals surface area contributed by atoms with Crippen LogP contribution in [-0.2, 0) is 9.84 Å². The molecule has 0 amide bonds. The van der Waals surface area contributed by atoms with Gasteiger partial charge in [0.05, 0.1) is 0 Å². The van der Waals surface area contributed by atoms with Crippen molar-refractivity contribution in [1.82, 2.24) is 0 Å². The lowest BCUT2D eigenvalue weighted by Crippen LogP contribution is -2.27. The third-order valence-corrected chi connectivity index (χ3v) is 1.88. The zero-order valence-electron chi connectivity index (χ0n) is 4.53. The van der Waals surface area contributed by atoms with Crippen LogP contribution < -0.4 is 5.73 Å². The quantitative estimate of drug-likeness (QED) is 0.478. The van der Waals surface area contributed by atoms with Crippen LogP contribution in [0.3, 0.4) is 0 Å². The minimum absolute atomic E-state index is 0.237. The Kier molecular flexibility index (Phi) is 2.39. The van der Waals surface area contributed by atoms with Crippen molar-refractivity contribution in [2.45, 2.75) is 5.44 Å². The van der Waals surface area contributed by atoms with Gasteiger partial charge >= 0.3 is 0 Å². The zero-order valence-corrected chi connectivity index (χ0v) is 5.35. The predicted octanol–water partition coefficient (Wildman–Crippen LogP) is -1.69. The number of hydrogen-bond donors (Lipinski definition) is 2. The summed E-state index contributed by atoms with van der Waals surface area (Å²) in [6, 6.07) is 0. The third-order valence-electron chi connectivity index (χ3n) is 0.696. The Balaban J connectivity index is 4.04. The van der Waals surface area contributed by atoms with E-state index in [1.807, 2.05) is 0 Å². The lowest BCUT2D eigenvalue weighted by atomic mass is 10.7. The summed E-state index contributed by atoms with van der Waals surface area (Å²) in [5, 5.41) is 8.48. The molecule has 0 spiro atoms. The molecule has 0 bridgehead atoms. The first-order valence-corrected chi connectivity index (χ1v) is 4.01. The molecule has 0 saturated carbocycles. The Morgan fingerprint density at radius 2 is 2.12 bits per heavy atom. The fraction of sp³-hybridized carbons (Fsp3) is 1.00. The number of sulfone groups is 1. The highest BCUT2D eigenvalue weighted by atomic mass is 32.2. The fourth-order valence-corrected chi connectivity index (χ4v) is 0.524. The SMILES string of the molecule is CS(=O)(=O)C(O)CN. The van der Waals surface area contributed by atoms with Crippen LogP contribution in [0, 0.1) is 0 Å². The molecular weight excluding hydrogens is 130 g/mol. The summed E-state index contributed by atoms with van der Waals surface area (Å²) in [5.74, 6) is 0. The van der Waals surface area contributed by atoms with Crippen molar-refractivity contribution in [2.24, 2.45) is 5.73 Å². The molecule has 0 aromatic rings. The van der Waals surface area contributed by atoms with Gasteiger partial charge in [0.1, 0.15) is 0 Å². The zero-order chi connectivity index (χ0) is 6.78. The molecular formula is C3H9NO3S. The van der Waals surface area contributed by atoms with Crippen molar-refractivity contribution in [3.8, 4) is 0 Å². The van der Waals surface area contributed by atoms with E-state index in [4.69, 9.17) is 10.8 Å². The topological polar surface area (TPSA) is 80.4 Å². The summed E-state index contributed by atoms with van der Waals surface area (Å²) in [5.41, 5.74) is 3.43. The monoisotopic (exact) mass is 139 g/mol. The van der Waals surface area contributed by atoms with Gasteiger partial charge in [-0.3, -0.25) is 0 Å². The Morgan fingerprint density at radius 3 is 2.12 bits per heavy atom. The maximum atomic E-state index is 10.2. The Bertz CT molecular complexity index is 150. The van der Waals surface area contributed by atoms with Crippen LogP contribution in [0.2, 0.25) is 0 Å². The van der Waals surface area contributed by atoms with E-state index >= 15 is 0 Å². The van der Waals surface area contributed by atoms with Crippen molar-refractivity contribution in [1.29, 1.82) is 0 Å². The predicted molar refractivity (Wildman–Crippen MR) is 29.9 cm³/mol. The molecule has 1 atom stereocenters. The summed E-state index contributed by atoms with van der Waals surface area (Å²) in [4.78, 5) is 0. The standard InChI is InChI=1S/C3H9NO3S/c1-8(6,7)3(5)2-4/h3,5H,2,4H2,1H3. The first kappa shape index (κ1) is 7.87. The summed E-state index contributed by atoms with van der Waals surface area (Å²) in [7, 11) is -3.32. The minimum Gasteiger partial charge on any atom is -0.376 e. The molecule has 3 N–H and O–H groups in total. The molecule has 0 saturated heterocycles. The molecule has 0 aliphatic heterocycles. The molecule has 0 heterocycles. The summed E-state index contributed by atoms with van der Waals surface area (Å²) >= 11 is 0. The van der Waals surface area contributed by atoms with Crippen molar-refractivity contribution in [3.63, 3.8) is 0 Å². The van der Waals surface area contributed by atoms with E-state index in [9.17, 15) is 8.42 Å². The highest BCUT2D eigenvalue weighted by Crippen LogP contribution is 1.88. The van der Waals surface area contributed by atoms with Crippen LogP contribution in [0.5, 0.6) is 0 Å². The van der Waals surface area contributed by atoms with Gasteiger partial charge < -0.3 is 10.8 Å². The van der Waals surface area contributed by atoms with Crippen molar-refractivity contribution >= 4 is 9.84 Å².